The summed E-state index contributed by atoms with van der Waals surface area (Å²) in [5.74, 6) is 0.915. The average Bonchev–Trinajstić information content (AvgIpc) is 3.02. The van der Waals surface area contributed by atoms with Crippen LogP contribution in [0, 0.1) is 5.92 Å². The maximum absolute atomic E-state index is 11.9. The largest absolute Gasteiger partial charge is 0.363 e. The summed E-state index contributed by atoms with van der Waals surface area (Å²) < 4.78 is 4.66. The number of hydrogen-bond acceptors (Lipinski definition) is 3. The molecule has 1 aromatic carbocycles. The van der Waals surface area contributed by atoms with Crippen molar-refractivity contribution in [3.63, 3.8) is 0 Å². The van der Waals surface area contributed by atoms with Crippen LogP contribution in [0.4, 0.5) is 5.82 Å². The van der Waals surface area contributed by atoms with E-state index in [1.54, 1.807) is 6.07 Å². The lowest BCUT2D eigenvalue weighted by Crippen LogP contribution is -2.14. The first-order chi connectivity index (χ1) is 8.34. The summed E-state index contributed by atoms with van der Waals surface area (Å²) >= 11 is 0. The van der Waals surface area contributed by atoms with Gasteiger partial charge in [-0.3, -0.25) is 4.79 Å². The predicted octanol–water partition coefficient (Wildman–Crippen LogP) is 2.42. The van der Waals surface area contributed by atoms with Crippen LogP contribution in [-0.4, -0.2) is 11.1 Å². The molecule has 0 radical (unpaired) electrons. The van der Waals surface area contributed by atoms with E-state index in [0.717, 1.165) is 6.42 Å². The van der Waals surface area contributed by atoms with E-state index in [9.17, 15) is 4.79 Å². The number of anilines is 1. The van der Waals surface area contributed by atoms with Gasteiger partial charge in [0.05, 0.1) is 0 Å². The van der Waals surface area contributed by atoms with Crippen LogP contribution in [0.3, 0.4) is 0 Å². The lowest BCUT2D eigenvalue weighted by molar-refractivity contribution is -0.117. The van der Waals surface area contributed by atoms with Gasteiger partial charge < -0.3 is 9.84 Å². The van der Waals surface area contributed by atoms with Crippen LogP contribution in [0.1, 0.15) is 17.9 Å². The van der Waals surface area contributed by atoms with Crippen molar-refractivity contribution >= 4 is 11.7 Å². The molecule has 1 saturated carbocycles. The van der Waals surface area contributed by atoms with Crippen molar-refractivity contribution in [1.29, 1.82) is 0 Å². The van der Waals surface area contributed by atoms with Gasteiger partial charge in [-0.1, -0.05) is 35.5 Å². The van der Waals surface area contributed by atoms with Crippen molar-refractivity contribution in [2.45, 2.75) is 12.3 Å². The zero-order valence-corrected chi connectivity index (χ0v) is 9.17. The van der Waals surface area contributed by atoms with E-state index in [1.165, 1.54) is 11.8 Å². The Morgan fingerprint density at radius 3 is 2.82 bits per heavy atom. The Hall–Kier alpha value is -2.10. The highest BCUT2D eigenvalue weighted by atomic mass is 16.5. The molecule has 3 rings (SSSR count). The summed E-state index contributed by atoms with van der Waals surface area (Å²) in [6.45, 7) is 0. The molecule has 0 saturated heterocycles. The van der Waals surface area contributed by atoms with E-state index in [4.69, 9.17) is 0 Å². The first-order valence-corrected chi connectivity index (χ1v) is 5.61. The van der Waals surface area contributed by atoms with Gasteiger partial charge in [-0.2, -0.15) is 0 Å². The standard InChI is InChI=1S/C13H12N2O2/c16-13(14-12-6-7-17-15-12)11-8-10(11)9-4-2-1-3-5-9/h1-7,10-11H,8H2,(H,14,15,16)/t10-,11-/m1/s1. The van der Waals surface area contributed by atoms with Crippen molar-refractivity contribution in [3.8, 4) is 0 Å². The number of hydrogen-bond donors (Lipinski definition) is 1. The lowest BCUT2D eigenvalue weighted by atomic mass is 10.1. The molecule has 1 aliphatic rings. The number of carbonyl (C=O) groups is 1. The highest BCUT2D eigenvalue weighted by Gasteiger charge is 2.43. The van der Waals surface area contributed by atoms with Gasteiger partial charge in [0.2, 0.25) is 5.91 Å². The Kier molecular flexibility index (Phi) is 2.40. The van der Waals surface area contributed by atoms with Gasteiger partial charge in [-0.25, -0.2) is 0 Å². The van der Waals surface area contributed by atoms with Gasteiger partial charge in [-0.05, 0) is 17.9 Å². The van der Waals surface area contributed by atoms with Crippen LogP contribution < -0.4 is 5.32 Å². The molecule has 17 heavy (non-hydrogen) atoms. The number of nitrogens with zero attached hydrogens (tertiary/aromatic N) is 1. The monoisotopic (exact) mass is 228 g/mol. The number of benzene rings is 1. The van der Waals surface area contributed by atoms with E-state index in [-0.39, 0.29) is 11.8 Å². The number of carbonyl (C=O) groups excluding carboxylic acids is 1. The highest BCUT2D eigenvalue weighted by Crippen LogP contribution is 2.47. The molecule has 2 aromatic rings. The molecule has 0 aliphatic heterocycles. The molecule has 0 spiro atoms. The fourth-order valence-corrected chi connectivity index (χ4v) is 2.05. The minimum Gasteiger partial charge on any atom is -0.363 e. The van der Waals surface area contributed by atoms with Crippen LogP contribution in [0.2, 0.25) is 0 Å². The molecule has 1 aromatic heterocycles. The molecule has 0 bridgehead atoms. The van der Waals surface area contributed by atoms with Gasteiger partial charge in [0.1, 0.15) is 6.26 Å². The second kappa shape index (κ2) is 4.05. The molecule has 1 N–H and O–H groups in total. The van der Waals surface area contributed by atoms with Gasteiger partial charge in [0.25, 0.3) is 0 Å². The third-order valence-corrected chi connectivity index (χ3v) is 3.04. The quantitative estimate of drug-likeness (QED) is 0.877. The highest BCUT2D eigenvalue weighted by molar-refractivity contribution is 5.94. The normalized spacial score (nSPS) is 22.1. The summed E-state index contributed by atoms with van der Waals surface area (Å²) in [5.41, 5.74) is 1.23. The Morgan fingerprint density at radius 1 is 1.29 bits per heavy atom. The molecule has 1 heterocycles. The fourth-order valence-electron chi connectivity index (χ4n) is 2.05. The summed E-state index contributed by atoms with van der Waals surface area (Å²) in [5, 5.41) is 6.40. The predicted molar refractivity (Wildman–Crippen MR) is 62.4 cm³/mol. The molecule has 86 valence electrons. The van der Waals surface area contributed by atoms with Crippen molar-refractivity contribution in [1.82, 2.24) is 5.16 Å². The second-order valence-electron chi connectivity index (χ2n) is 4.23. The summed E-state index contributed by atoms with van der Waals surface area (Å²) in [6, 6.07) is 11.7. The van der Waals surface area contributed by atoms with Crippen LogP contribution in [0.5, 0.6) is 0 Å². The zero-order chi connectivity index (χ0) is 11.7. The van der Waals surface area contributed by atoms with E-state index in [2.05, 4.69) is 27.1 Å². The zero-order valence-electron chi connectivity index (χ0n) is 9.17. The van der Waals surface area contributed by atoms with Gasteiger partial charge >= 0.3 is 0 Å². The lowest BCUT2D eigenvalue weighted by Gasteiger charge is -2.00. The molecule has 4 nitrogen and oxygen atoms in total. The third-order valence-electron chi connectivity index (χ3n) is 3.04. The van der Waals surface area contributed by atoms with Crippen LogP contribution in [0.15, 0.2) is 47.2 Å². The first kappa shape index (κ1) is 10.1. The molecule has 1 fully saturated rings. The number of amides is 1. The fraction of sp³-hybridized carbons (Fsp3) is 0.231. The molecule has 0 unspecified atom stereocenters. The average molecular weight is 228 g/mol. The van der Waals surface area contributed by atoms with Crippen molar-refractivity contribution in [2.24, 2.45) is 5.92 Å². The minimum absolute atomic E-state index is 0.0211. The Bertz CT molecular complexity index is 507. The van der Waals surface area contributed by atoms with E-state index < -0.39 is 0 Å². The molecular formula is C13H12N2O2. The van der Waals surface area contributed by atoms with Crippen molar-refractivity contribution < 1.29 is 9.32 Å². The van der Waals surface area contributed by atoms with Crippen LogP contribution in [0.25, 0.3) is 0 Å². The van der Waals surface area contributed by atoms with E-state index >= 15 is 0 Å². The van der Waals surface area contributed by atoms with E-state index in [1.807, 2.05) is 18.2 Å². The Balaban J connectivity index is 1.63. The van der Waals surface area contributed by atoms with Gasteiger partial charge in [0.15, 0.2) is 5.82 Å². The van der Waals surface area contributed by atoms with Crippen molar-refractivity contribution in [3.05, 3.63) is 48.2 Å². The molecule has 2 atom stereocenters. The third kappa shape index (κ3) is 2.06. The summed E-state index contributed by atoms with van der Waals surface area (Å²) in [6.07, 6.45) is 2.35. The van der Waals surface area contributed by atoms with Crippen molar-refractivity contribution in [2.75, 3.05) is 5.32 Å². The maximum Gasteiger partial charge on any atom is 0.229 e. The SMILES string of the molecule is O=C(Nc1ccon1)[C@@H]1C[C@@H]1c1ccccc1. The minimum atomic E-state index is 0.0211. The molecule has 1 amide bonds. The molecule has 4 heteroatoms. The number of rotatable bonds is 3. The van der Waals surface area contributed by atoms with E-state index in [0.29, 0.717) is 11.7 Å². The first-order valence-electron chi connectivity index (χ1n) is 5.61. The molecule has 1 aliphatic carbocycles. The van der Waals surface area contributed by atoms with Gasteiger partial charge in [-0.15, -0.1) is 0 Å². The van der Waals surface area contributed by atoms with Crippen LogP contribution >= 0.6 is 0 Å². The summed E-state index contributed by atoms with van der Waals surface area (Å²) in [7, 11) is 0. The number of aromatic nitrogens is 1. The Morgan fingerprint density at radius 2 is 2.12 bits per heavy atom. The topological polar surface area (TPSA) is 55.1 Å². The van der Waals surface area contributed by atoms with Crippen LogP contribution in [-0.2, 0) is 4.79 Å². The second-order valence-corrected chi connectivity index (χ2v) is 4.23. The maximum atomic E-state index is 11.9. The summed E-state index contributed by atoms with van der Waals surface area (Å²) in [4.78, 5) is 11.9. The smallest absolute Gasteiger partial charge is 0.229 e. The number of nitrogens with one attached hydrogen (secondary N) is 1. The Labute approximate surface area is 98.6 Å². The molecular weight excluding hydrogens is 216 g/mol. The van der Waals surface area contributed by atoms with Gasteiger partial charge in [0, 0.05) is 12.0 Å².